The zero-order valence-corrected chi connectivity index (χ0v) is 15.8. The lowest BCUT2D eigenvalue weighted by atomic mass is 10.1. The van der Waals surface area contributed by atoms with E-state index >= 15 is 0 Å². The number of ether oxygens (including phenoxy) is 3. The first-order valence-corrected chi connectivity index (χ1v) is 9.03. The van der Waals surface area contributed by atoms with Gasteiger partial charge in [0.1, 0.15) is 0 Å². The van der Waals surface area contributed by atoms with E-state index in [0.717, 1.165) is 26.0 Å². The molecule has 27 heavy (non-hydrogen) atoms. The Labute approximate surface area is 158 Å². The molecule has 2 rings (SSSR count). The quantitative estimate of drug-likeness (QED) is 0.390. The van der Waals surface area contributed by atoms with Gasteiger partial charge in [-0.2, -0.15) is 8.78 Å². The second-order valence-corrected chi connectivity index (χ2v) is 5.85. The van der Waals surface area contributed by atoms with Gasteiger partial charge in [0, 0.05) is 25.7 Å². The fraction of sp³-hybridized carbons (Fsp3) is 0.526. The van der Waals surface area contributed by atoms with Crippen LogP contribution in [0.1, 0.15) is 25.3 Å². The summed E-state index contributed by atoms with van der Waals surface area (Å²) in [7, 11) is 1.66. The highest BCUT2D eigenvalue weighted by molar-refractivity contribution is 5.79. The number of rotatable bonds is 9. The zero-order chi connectivity index (χ0) is 19.5. The Bertz CT molecular complexity index is 651. The summed E-state index contributed by atoms with van der Waals surface area (Å²) in [6.45, 7) is 1.67. The number of guanidine groups is 1. The Morgan fingerprint density at radius 3 is 2.85 bits per heavy atom. The minimum atomic E-state index is -2.92. The summed E-state index contributed by atoms with van der Waals surface area (Å²) in [6.07, 6.45) is 3.96. The third-order valence-electron chi connectivity index (χ3n) is 4.03. The molecule has 0 bridgehead atoms. The first-order chi connectivity index (χ1) is 13.1. The summed E-state index contributed by atoms with van der Waals surface area (Å²) < 4.78 is 40.9. The summed E-state index contributed by atoms with van der Waals surface area (Å²) in [5.74, 6) is 0.934. The number of nitrogens with zero attached hydrogens (tertiary/aromatic N) is 1. The highest BCUT2D eigenvalue weighted by atomic mass is 19.3. The molecule has 6 nitrogen and oxygen atoms in total. The molecule has 2 N–H and O–H groups in total. The first-order valence-electron chi connectivity index (χ1n) is 9.03. The maximum absolute atomic E-state index is 12.8. The fourth-order valence-electron chi connectivity index (χ4n) is 2.73. The predicted octanol–water partition coefficient (Wildman–Crippen LogP) is 3.09. The lowest BCUT2D eigenvalue weighted by Crippen LogP contribution is -2.37. The molecule has 1 aliphatic rings. The molecule has 0 aromatic heterocycles. The van der Waals surface area contributed by atoms with Crippen molar-refractivity contribution in [1.82, 2.24) is 10.6 Å². The van der Waals surface area contributed by atoms with E-state index in [4.69, 9.17) is 9.47 Å². The minimum absolute atomic E-state index is 0.0460. The molecular weight excluding hydrogens is 356 g/mol. The Kier molecular flexibility index (Phi) is 8.83. The standard InChI is InChI=1S/C19H27F2N3O3/c1-3-26-16-6-4-5-15(17(16)27-18(20)21)13-24-19(22-2)23-10-7-14-8-11-25-12-9-14/h4-6,8,18H,3,7,9-13H2,1-2H3,(H2,22,23,24). The van der Waals surface area contributed by atoms with Gasteiger partial charge in [0.2, 0.25) is 0 Å². The highest BCUT2D eigenvalue weighted by Crippen LogP contribution is 2.32. The zero-order valence-electron chi connectivity index (χ0n) is 15.8. The lowest BCUT2D eigenvalue weighted by molar-refractivity contribution is -0.0520. The summed E-state index contributed by atoms with van der Waals surface area (Å²) in [4.78, 5) is 4.17. The Balaban J connectivity index is 1.92. The van der Waals surface area contributed by atoms with Crippen LogP contribution in [-0.2, 0) is 11.3 Å². The van der Waals surface area contributed by atoms with Crippen molar-refractivity contribution in [2.45, 2.75) is 32.9 Å². The maximum Gasteiger partial charge on any atom is 0.387 e. The summed E-state index contributed by atoms with van der Waals surface area (Å²) in [6, 6.07) is 5.07. The molecule has 150 valence electrons. The molecule has 0 amide bonds. The van der Waals surface area contributed by atoms with Gasteiger partial charge in [-0.3, -0.25) is 4.99 Å². The van der Waals surface area contributed by atoms with Crippen LogP contribution in [0, 0.1) is 0 Å². The van der Waals surface area contributed by atoms with Crippen molar-refractivity contribution in [3.63, 3.8) is 0 Å². The van der Waals surface area contributed by atoms with E-state index in [-0.39, 0.29) is 12.3 Å². The number of hydrogen-bond acceptors (Lipinski definition) is 4. The number of hydrogen-bond donors (Lipinski definition) is 2. The number of halogens is 2. The van der Waals surface area contributed by atoms with E-state index in [2.05, 4.69) is 26.4 Å². The van der Waals surface area contributed by atoms with Gasteiger partial charge in [-0.05, 0) is 25.8 Å². The molecule has 1 heterocycles. The third-order valence-corrected chi connectivity index (χ3v) is 4.03. The van der Waals surface area contributed by atoms with Crippen LogP contribution >= 0.6 is 0 Å². The van der Waals surface area contributed by atoms with Gasteiger partial charge < -0.3 is 24.8 Å². The van der Waals surface area contributed by atoms with E-state index in [1.165, 1.54) is 5.57 Å². The molecule has 0 aliphatic carbocycles. The van der Waals surface area contributed by atoms with Crippen LogP contribution in [0.4, 0.5) is 8.78 Å². The number of para-hydroxylation sites is 1. The van der Waals surface area contributed by atoms with Crippen molar-refractivity contribution >= 4 is 5.96 Å². The van der Waals surface area contributed by atoms with Gasteiger partial charge in [-0.15, -0.1) is 0 Å². The molecule has 0 saturated carbocycles. The van der Waals surface area contributed by atoms with Gasteiger partial charge >= 0.3 is 6.61 Å². The average Bonchev–Trinajstić information content (AvgIpc) is 2.67. The van der Waals surface area contributed by atoms with Crippen molar-refractivity contribution in [3.05, 3.63) is 35.4 Å². The molecule has 1 aliphatic heterocycles. The van der Waals surface area contributed by atoms with Gasteiger partial charge in [0.25, 0.3) is 0 Å². The summed E-state index contributed by atoms with van der Waals surface area (Å²) in [5.41, 5.74) is 1.93. The largest absolute Gasteiger partial charge is 0.490 e. The van der Waals surface area contributed by atoms with E-state index < -0.39 is 6.61 Å². The number of nitrogens with one attached hydrogen (secondary N) is 2. The summed E-state index contributed by atoms with van der Waals surface area (Å²) in [5, 5.41) is 6.34. The van der Waals surface area contributed by atoms with Crippen LogP contribution in [0.2, 0.25) is 0 Å². The Hall–Kier alpha value is -2.35. The van der Waals surface area contributed by atoms with Crippen LogP contribution in [0.3, 0.4) is 0 Å². The van der Waals surface area contributed by atoms with Crippen LogP contribution in [0.15, 0.2) is 34.8 Å². The van der Waals surface area contributed by atoms with Crippen LogP contribution < -0.4 is 20.1 Å². The minimum Gasteiger partial charge on any atom is -0.490 e. The van der Waals surface area contributed by atoms with Gasteiger partial charge in [0.05, 0.1) is 19.8 Å². The van der Waals surface area contributed by atoms with Gasteiger partial charge in [0.15, 0.2) is 17.5 Å². The molecule has 1 aromatic rings. The highest BCUT2D eigenvalue weighted by Gasteiger charge is 2.16. The molecule has 0 unspecified atom stereocenters. The fourth-order valence-corrected chi connectivity index (χ4v) is 2.73. The van der Waals surface area contributed by atoms with Gasteiger partial charge in [-0.25, -0.2) is 0 Å². The van der Waals surface area contributed by atoms with E-state index in [1.54, 1.807) is 32.2 Å². The molecule has 0 atom stereocenters. The average molecular weight is 383 g/mol. The predicted molar refractivity (Wildman–Crippen MR) is 101 cm³/mol. The number of benzene rings is 1. The normalized spacial score (nSPS) is 14.7. The van der Waals surface area contributed by atoms with Crippen molar-refractivity contribution in [2.75, 3.05) is 33.4 Å². The van der Waals surface area contributed by atoms with E-state index in [0.29, 0.717) is 30.5 Å². The Morgan fingerprint density at radius 1 is 1.33 bits per heavy atom. The SMILES string of the molecule is CCOc1cccc(CNC(=NC)NCCC2=CCOCC2)c1OC(F)F. The molecule has 0 fully saturated rings. The van der Waals surface area contributed by atoms with E-state index in [1.807, 2.05) is 0 Å². The monoisotopic (exact) mass is 383 g/mol. The van der Waals surface area contributed by atoms with Crippen LogP contribution in [0.25, 0.3) is 0 Å². The number of alkyl halides is 2. The molecule has 0 spiro atoms. The molecule has 0 radical (unpaired) electrons. The second kappa shape index (κ2) is 11.4. The molecule has 0 saturated heterocycles. The third kappa shape index (κ3) is 7.05. The molecule has 8 heteroatoms. The van der Waals surface area contributed by atoms with Crippen molar-refractivity contribution in [3.8, 4) is 11.5 Å². The van der Waals surface area contributed by atoms with Gasteiger partial charge in [-0.1, -0.05) is 23.8 Å². The van der Waals surface area contributed by atoms with Crippen molar-refractivity contribution < 1.29 is 23.0 Å². The second-order valence-electron chi connectivity index (χ2n) is 5.85. The smallest absolute Gasteiger partial charge is 0.387 e. The molecule has 1 aromatic carbocycles. The number of aliphatic imine (C=N–C) groups is 1. The maximum atomic E-state index is 12.8. The lowest BCUT2D eigenvalue weighted by Gasteiger charge is -2.18. The summed E-state index contributed by atoms with van der Waals surface area (Å²) >= 11 is 0. The first kappa shape index (κ1) is 21.0. The van der Waals surface area contributed by atoms with Crippen molar-refractivity contribution in [2.24, 2.45) is 4.99 Å². The Morgan fingerprint density at radius 2 is 2.19 bits per heavy atom. The van der Waals surface area contributed by atoms with Crippen molar-refractivity contribution in [1.29, 1.82) is 0 Å². The molecular formula is C19H27F2N3O3. The topological polar surface area (TPSA) is 64.1 Å². The van der Waals surface area contributed by atoms with E-state index in [9.17, 15) is 8.78 Å². The van der Waals surface area contributed by atoms with Crippen LogP contribution in [0.5, 0.6) is 11.5 Å². The van der Waals surface area contributed by atoms with Crippen LogP contribution in [-0.4, -0.2) is 46.0 Å².